The highest BCUT2D eigenvalue weighted by atomic mass is 16.7. The van der Waals surface area contributed by atoms with Gasteiger partial charge in [0.15, 0.2) is 0 Å². The van der Waals surface area contributed by atoms with Crippen LogP contribution in [0.5, 0.6) is 0 Å². The predicted octanol–water partition coefficient (Wildman–Crippen LogP) is 1.49. The van der Waals surface area contributed by atoms with E-state index >= 15 is 0 Å². The molecule has 0 spiro atoms. The van der Waals surface area contributed by atoms with Gasteiger partial charge in [-0.05, 0) is 20.3 Å². The van der Waals surface area contributed by atoms with Crippen LogP contribution in [0, 0.1) is 5.92 Å². The van der Waals surface area contributed by atoms with Crippen LogP contribution < -0.4 is 5.48 Å². The normalized spacial score (nSPS) is 13.2. The summed E-state index contributed by atoms with van der Waals surface area (Å²) in [5.41, 5.74) is 2.39. The van der Waals surface area contributed by atoms with Gasteiger partial charge in [0, 0.05) is 5.92 Å². The minimum atomic E-state index is -0.0406. The Morgan fingerprint density at radius 1 is 1.45 bits per heavy atom. The molecule has 1 amide bonds. The lowest BCUT2D eigenvalue weighted by Crippen LogP contribution is -2.31. The third-order valence-corrected chi connectivity index (χ3v) is 1.46. The summed E-state index contributed by atoms with van der Waals surface area (Å²) in [6.07, 6.45) is 0.885. The number of rotatable bonds is 4. The summed E-state index contributed by atoms with van der Waals surface area (Å²) >= 11 is 0. The molecule has 0 radical (unpaired) electrons. The predicted molar refractivity (Wildman–Crippen MR) is 43.8 cm³/mol. The van der Waals surface area contributed by atoms with E-state index in [0.717, 1.165) is 6.42 Å². The van der Waals surface area contributed by atoms with Gasteiger partial charge >= 0.3 is 0 Å². The minimum absolute atomic E-state index is 0.0359. The molecule has 0 aromatic carbocycles. The Balaban J connectivity index is 3.52. The van der Waals surface area contributed by atoms with Crippen molar-refractivity contribution >= 4 is 5.91 Å². The van der Waals surface area contributed by atoms with Gasteiger partial charge in [0.1, 0.15) is 0 Å². The largest absolute Gasteiger partial charge is 0.273 e. The summed E-state index contributed by atoms with van der Waals surface area (Å²) in [6.45, 7) is 7.59. The summed E-state index contributed by atoms with van der Waals surface area (Å²) < 4.78 is 0. The number of carbonyl (C=O) groups is 1. The van der Waals surface area contributed by atoms with Gasteiger partial charge in [-0.1, -0.05) is 13.8 Å². The van der Waals surface area contributed by atoms with Crippen molar-refractivity contribution in [2.45, 2.75) is 40.2 Å². The maximum absolute atomic E-state index is 11.0. The first-order chi connectivity index (χ1) is 5.07. The molecule has 0 aliphatic carbocycles. The zero-order valence-electron chi connectivity index (χ0n) is 7.68. The van der Waals surface area contributed by atoms with Gasteiger partial charge in [-0.15, -0.1) is 0 Å². The van der Waals surface area contributed by atoms with E-state index < -0.39 is 0 Å². The minimum Gasteiger partial charge on any atom is -0.273 e. The summed E-state index contributed by atoms with van der Waals surface area (Å²) in [5, 5.41) is 0. The Hall–Kier alpha value is -0.570. The highest BCUT2D eigenvalue weighted by Gasteiger charge is 2.09. The smallest absolute Gasteiger partial charge is 0.246 e. The van der Waals surface area contributed by atoms with Crippen molar-refractivity contribution < 1.29 is 9.63 Å². The molecule has 0 aromatic rings. The number of hydroxylamine groups is 1. The molecule has 0 aliphatic heterocycles. The van der Waals surface area contributed by atoms with Gasteiger partial charge in [-0.2, -0.15) is 0 Å². The van der Waals surface area contributed by atoms with Gasteiger partial charge in [-0.25, -0.2) is 5.48 Å². The molecule has 0 aromatic heterocycles. The molecule has 0 fully saturated rings. The van der Waals surface area contributed by atoms with E-state index in [-0.39, 0.29) is 17.9 Å². The van der Waals surface area contributed by atoms with Gasteiger partial charge in [0.2, 0.25) is 5.91 Å². The van der Waals surface area contributed by atoms with Crippen LogP contribution in [0.25, 0.3) is 0 Å². The first kappa shape index (κ1) is 10.4. The van der Waals surface area contributed by atoms with Crippen LogP contribution in [0.15, 0.2) is 0 Å². The second-order valence-corrected chi connectivity index (χ2v) is 2.94. The standard InChI is InChI=1S/C8H17NO2/c1-5-7(4)8(10)9-11-6(2)3/h6-7H,5H2,1-4H3,(H,9,10)/t7-/m1/s1. The molecule has 66 valence electrons. The number of amides is 1. The second kappa shape index (κ2) is 5.13. The van der Waals surface area contributed by atoms with Crippen molar-refractivity contribution in [2.75, 3.05) is 0 Å². The van der Waals surface area contributed by atoms with Crippen molar-refractivity contribution in [2.24, 2.45) is 5.92 Å². The summed E-state index contributed by atoms with van der Waals surface area (Å²) in [6, 6.07) is 0. The molecule has 0 aliphatic rings. The first-order valence-corrected chi connectivity index (χ1v) is 4.03. The van der Waals surface area contributed by atoms with Crippen LogP contribution in [0.2, 0.25) is 0 Å². The van der Waals surface area contributed by atoms with Gasteiger partial charge < -0.3 is 0 Å². The average molecular weight is 159 g/mol. The Bertz CT molecular complexity index is 123. The van der Waals surface area contributed by atoms with Crippen LogP contribution in [-0.2, 0) is 9.63 Å². The summed E-state index contributed by atoms with van der Waals surface area (Å²) in [7, 11) is 0. The number of hydrogen-bond acceptors (Lipinski definition) is 2. The molecule has 0 saturated carbocycles. The summed E-state index contributed by atoms with van der Waals surface area (Å²) in [4.78, 5) is 16.0. The van der Waals surface area contributed by atoms with E-state index in [4.69, 9.17) is 4.84 Å². The third kappa shape index (κ3) is 4.79. The fourth-order valence-corrected chi connectivity index (χ4v) is 0.462. The second-order valence-electron chi connectivity index (χ2n) is 2.94. The molecule has 0 rings (SSSR count). The van der Waals surface area contributed by atoms with E-state index in [2.05, 4.69) is 5.48 Å². The summed E-state index contributed by atoms with van der Waals surface area (Å²) in [5.74, 6) is -0.00468. The van der Waals surface area contributed by atoms with Gasteiger partial charge in [0.25, 0.3) is 0 Å². The zero-order valence-corrected chi connectivity index (χ0v) is 7.68. The number of nitrogens with one attached hydrogen (secondary N) is 1. The van der Waals surface area contributed by atoms with E-state index in [1.807, 2.05) is 27.7 Å². The number of carbonyl (C=O) groups excluding carboxylic acids is 1. The van der Waals surface area contributed by atoms with E-state index in [9.17, 15) is 4.79 Å². The molecule has 11 heavy (non-hydrogen) atoms. The van der Waals surface area contributed by atoms with Crippen LogP contribution >= 0.6 is 0 Å². The van der Waals surface area contributed by atoms with Crippen molar-refractivity contribution in [3.05, 3.63) is 0 Å². The maximum Gasteiger partial charge on any atom is 0.246 e. The molecule has 0 bridgehead atoms. The zero-order chi connectivity index (χ0) is 8.85. The lowest BCUT2D eigenvalue weighted by molar-refractivity contribution is -0.140. The average Bonchev–Trinajstić information content (AvgIpc) is 1.98. The first-order valence-electron chi connectivity index (χ1n) is 4.03. The molecule has 0 saturated heterocycles. The lowest BCUT2D eigenvalue weighted by Gasteiger charge is -2.11. The Kier molecular flexibility index (Phi) is 4.86. The van der Waals surface area contributed by atoms with Crippen molar-refractivity contribution in [3.63, 3.8) is 0 Å². The topological polar surface area (TPSA) is 38.3 Å². The molecular weight excluding hydrogens is 142 g/mol. The van der Waals surface area contributed by atoms with Crippen LogP contribution in [0.3, 0.4) is 0 Å². The Labute approximate surface area is 68.1 Å². The van der Waals surface area contributed by atoms with Crippen molar-refractivity contribution in [3.8, 4) is 0 Å². The number of hydrogen-bond donors (Lipinski definition) is 1. The van der Waals surface area contributed by atoms with Crippen LogP contribution in [-0.4, -0.2) is 12.0 Å². The van der Waals surface area contributed by atoms with Gasteiger partial charge in [0.05, 0.1) is 6.10 Å². The molecule has 0 heterocycles. The van der Waals surface area contributed by atoms with E-state index in [0.29, 0.717) is 0 Å². The molecule has 0 unspecified atom stereocenters. The van der Waals surface area contributed by atoms with Crippen molar-refractivity contribution in [1.82, 2.24) is 5.48 Å². The van der Waals surface area contributed by atoms with E-state index in [1.165, 1.54) is 0 Å². The maximum atomic E-state index is 11.0. The third-order valence-electron chi connectivity index (χ3n) is 1.46. The fraction of sp³-hybridized carbons (Fsp3) is 0.875. The van der Waals surface area contributed by atoms with Crippen LogP contribution in [0.1, 0.15) is 34.1 Å². The van der Waals surface area contributed by atoms with E-state index in [1.54, 1.807) is 0 Å². The lowest BCUT2D eigenvalue weighted by atomic mass is 10.1. The van der Waals surface area contributed by atoms with Crippen molar-refractivity contribution in [1.29, 1.82) is 0 Å². The van der Waals surface area contributed by atoms with Crippen LogP contribution in [0.4, 0.5) is 0 Å². The molecule has 3 nitrogen and oxygen atoms in total. The quantitative estimate of drug-likeness (QED) is 0.631. The molecular formula is C8H17NO2. The Morgan fingerprint density at radius 3 is 2.36 bits per heavy atom. The molecule has 1 N–H and O–H groups in total. The SMILES string of the molecule is CC[C@@H](C)C(=O)NOC(C)C. The van der Waals surface area contributed by atoms with Gasteiger partial charge in [-0.3, -0.25) is 9.63 Å². The highest BCUT2D eigenvalue weighted by Crippen LogP contribution is 1.99. The molecule has 1 atom stereocenters. The monoisotopic (exact) mass is 159 g/mol. The fourth-order valence-electron chi connectivity index (χ4n) is 0.462. The highest BCUT2D eigenvalue weighted by molar-refractivity contribution is 5.77. The Morgan fingerprint density at radius 2 is 2.00 bits per heavy atom. The molecule has 3 heteroatoms.